The van der Waals surface area contributed by atoms with Crippen LogP contribution in [0.4, 0.5) is 0 Å². The van der Waals surface area contributed by atoms with Crippen molar-refractivity contribution >= 4 is 24.5 Å². The van der Waals surface area contributed by atoms with Gasteiger partial charge >= 0.3 is 0 Å². The van der Waals surface area contributed by atoms with E-state index in [0.717, 1.165) is 22.5 Å². The standard InChI is InChI=1S/C21H34N2O2.C14H14O2/c1-6-8-18(9-7-2)14-23(5)15-20-16(3)10-11-19(17(20)4)21(25)22-12-13-24;1-4-6-13(5-2)16-14-9-7-12(8-10-14)11(3)15/h10-11,15,18,24H,3,6-9,12-14H2,1-2,4-5H3,(H,22,25);4-10H,1-2H2,3H3/b20-15+;13-6+. The Labute approximate surface area is 246 Å². The smallest absolute Gasteiger partial charge is 0.251 e. The molecule has 0 aromatic heterocycles. The fourth-order valence-corrected chi connectivity index (χ4v) is 4.45. The Morgan fingerprint density at radius 1 is 1.07 bits per heavy atom. The number of ketones is 1. The molecule has 1 amide bonds. The minimum atomic E-state index is -0.154. The number of carbonyl (C=O) groups is 2. The van der Waals surface area contributed by atoms with E-state index in [9.17, 15) is 9.59 Å². The minimum Gasteiger partial charge on any atom is -0.457 e. The van der Waals surface area contributed by atoms with E-state index >= 15 is 0 Å². The molecule has 2 aromatic carbocycles. The Hall–Kier alpha value is -3.90. The van der Waals surface area contributed by atoms with Crippen LogP contribution >= 0.6 is 0 Å². The molecule has 0 fully saturated rings. The Morgan fingerprint density at radius 2 is 1.71 bits per heavy atom. The molecule has 0 saturated heterocycles. The van der Waals surface area contributed by atoms with Crippen molar-refractivity contribution < 1.29 is 19.4 Å². The largest absolute Gasteiger partial charge is 0.457 e. The molecule has 2 aromatic rings. The second-order valence-corrected chi connectivity index (χ2v) is 9.99. The summed E-state index contributed by atoms with van der Waals surface area (Å²) in [6.45, 7) is 20.5. The van der Waals surface area contributed by atoms with E-state index in [1.54, 1.807) is 48.6 Å². The number of allylic oxidation sites excluding steroid dienone is 3. The molecule has 41 heavy (non-hydrogen) atoms. The molecule has 2 N–H and O–H groups in total. The van der Waals surface area contributed by atoms with E-state index in [0.29, 0.717) is 28.6 Å². The summed E-state index contributed by atoms with van der Waals surface area (Å²) in [5, 5.41) is 13.5. The molecule has 2 rings (SSSR count). The highest BCUT2D eigenvalue weighted by Crippen LogP contribution is 2.16. The number of rotatable bonds is 15. The van der Waals surface area contributed by atoms with Gasteiger partial charge in [0.1, 0.15) is 11.5 Å². The lowest BCUT2D eigenvalue weighted by molar-refractivity contribution is 0.0943. The third-order valence-corrected chi connectivity index (χ3v) is 6.52. The van der Waals surface area contributed by atoms with Crippen LogP contribution < -0.4 is 20.5 Å². The van der Waals surface area contributed by atoms with Gasteiger partial charge in [-0.05, 0) is 85.9 Å². The van der Waals surface area contributed by atoms with Crippen LogP contribution in [-0.4, -0.2) is 48.4 Å². The maximum atomic E-state index is 12.3. The molecular weight excluding hydrogens is 512 g/mol. The van der Waals surface area contributed by atoms with E-state index in [4.69, 9.17) is 9.84 Å². The van der Waals surface area contributed by atoms with Gasteiger partial charge in [-0.15, -0.1) is 0 Å². The molecule has 0 aliphatic carbocycles. The average molecular weight is 561 g/mol. The van der Waals surface area contributed by atoms with Gasteiger partial charge in [-0.2, -0.15) is 0 Å². The number of carbonyl (C=O) groups excluding carboxylic acids is 2. The van der Waals surface area contributed by atoms with Crippen LogP contribution in [0.5, 0.6) is 5.75 Å². The van der Waals surface area contributed by atoms with Gasteiger partial charge in [0.15, 0.2) is 5.78 Å². The van der Waals surface area contributed by atoms with Crippen molar-refractivity contribution in [3.8, 4) is 5.75 Å². The quantitative estimate of drug-likeness (QED) is 0.170. The van der Waals surface area contributed by atoms with Gasteiger partial charge in [-0.25, -0.2) is 0 Å². The first-order chi connectivity index (χ1) is 19.6. The third-order valence-electron chi connectivity index (χ3n) is 6.52. The molecule has 6 heteroatoms. The number of ether oxygens (including phenoxy) is 1. The highest BCUT2D eigenvalue weighted by atomic mass is 16.5. The van der Waals surface area contributed by atoms with Gasteiger partial charge in [-0.3, -0.25) is 9.59 Å². The molecule has 0 unspecified atom stereocenters. The number of hydrogen-bond donors (Lipinski definition) is 2. The predicted octanol–water partition coefficient (Wildman–Crippen LogP) is 5.54. The third kappa shape index (κ3) is 12.4. The Morgan fingerprint density at radius 3 is 2.22 bits per heavy atom. The fourth-order valence-electron chi connectivity index (χ4n) is 4.45. The van der Waals surface area contributed by atoms with E-state index in [1.165, 1.54) is 32.6 Å². The number of amides is 1. The van der Waals surface area contributed by atoms with Crippen LogP contribution in [0.1, 0.15) is 72.7 Å². The van der Waals surface area contributed by atoms with Gasteiger partial charge in [0.25, 0.3) is 5.91 Å². The molecule has 0 aliphatic heterocycles. The Bertz CT molecular complexity index is 1270. The maximum absolute atomic E-state index is 12.3. The molecule has 222 valence electrons. The number of nitrogens with zero attached hydrogens (tertiary/aromatic N) is 1. The fraction of sp³-hybridized carbons (Fsp3) is 0.371. The van der Waals surface area contributed by atoms with Gasteiger partial charge in [0.05, 0.1) is 6.61 Å². The van der Waals surface area contributed by atoms with Crippen molar-refractivity contribution in [2.45, 2.75) is 53.4 Å². The second kappa shape index (κ2) is 19.2. The summed E-state index contributed by atoms with van der Waals surface area (Å²) < 4.78 is 5.50. The van der Waals surface area contributed by atoms with Crippen molar-refractivity contribution in [1.82, 2.24) is 10.2 Å². The Kier molecular flexibility index (Phi) is 16.5. The van der Waals surface area contributed by atoms with Gasteiger partial charge < -0.3 is 20.1 Å². The average Bonchev–Trinajstić information content (AvgIpc) is 2.94. The molecule has 0 atom stereocenters. The Balaban J connectivity index is 0.000000452. The van der Waals surface area contributed by atoms with E-state index in [-0.39, 0.29) is 24.8 Å². The summed E-state index contributed by atoms with van der Waals surface area (Å²) in [4.78, 5) is 25.5. The van der Waals surface area contributed by atoms with E-state index in [2.05, 4.69) is 57.0 Å². The van der Waals surface area contributed by atoms with Crippen molar-refractivity contribution in [3.05, 3.63) is 101 Å². The topological polar surface area (TPSA) is 78.9 Å². The SMILES string of the molecule is C=C/C=C(\C=C)Oc1ccc(C(C)=O)cc1.C=c1ccc(C(=O)NCCO)c(C)/c1=C/N(C)CC(CCC)CCC. The summed E-state index contributed by atoms with van der Waals surface area (Å²) in [6, 6.07) is 10.6. The number of benzene rings is 2. The number of hydrogen-bond acceptors (Lipinski definition) is 5. The van der Waals surface area contributed by atoms with Crippen molar-refractivity contribution in [2.75, 3.05) is 26.7 Å². The van der Waals surface area contributed by atoms with Crippen LogP contribution in [0.3, 0.4) is 0 Å². The molecule has 6 nitrogen and oxygen atoms in total. The summed E-state index contributed by atoms with van der Waals surface area (Å²) in [5.74, 6) is 1.86. The number of aliphatic hydroxyl groups excluding tert-OH is 1. The zero-order valence-corrected chi connectivity index (χ0v) is 25.5. The lowest BCUT2D eigenvalue weighted by Gasteiger charge is -2.22. The van der Waals surface area contributed by atoms with Crippen LogP contribution in [0.25, 0.3) is 12.8 Å². The predicted molar refractivity (Wildman–Crippen MR) is 171 cm³/mol. The number of Topliss-reactive ketones (excluding diaryl/α,β-unsaturated/α-hetero) is 1. The zero-order chi connectivity index (χ0) is 30.8. The molecule has 0 radical (unpaired) electrons. The first-order valence-corrected chi connectivity index (χ1v) is 14.2. The second-order valence-electron chi connectivity index (χ2n) is 9.99. The molecule has 0 saturated carbocycles. The molecule has 0 bridgehead atoms. The van der Waals surface area contributed by atoms with Crippen LogP contribution in [0.2, 0.25) is 0 Å². The van der Waals surface area contributed by atoms with E-state index < -0.39 is 0 Å². The molecular formula is C35H48N2O4. The van der Waals surface area contributed by atoms with Gasteiger partial charge in [0, 0.05) is 42.7 Å². The summed E-state index contributed by atoms with van der Waals surface area (Å²) in [5.41, 5.74) is 2.23. The zero-order valence-electron chi connectivity index (χ0n) is 25.5. The molecule has 0 heterocycles. The summed E-state index contributed by atoms with van der Waals surface area (Å²) in [7, 11) is 2.09. The van der Waals surface area contributed by atoms with Crippen LogP contribution in [-0.2, 0) is 0 Å². The molecule has 0 spiro atoms. The highest BCUT2D eigenvalue weighted by molar-refractivity contribution is 5.95. The lowest BCUT2D eigenvalue weighted by Crippen LogP contribution is -2.35. The van der Waals surface area contributed by atoms with Gasteiger partial charge in [0.2, 0.25) is 0 Å². The number of aliphatic hydroxyl groups is 1. The van der Waals surface area contributed by atoms with Crippen LogP contribution in [0.15, 0.2) is 73.5 Å². The summed E-state index contributed by atoms with van der Waals surface area (Å²) in [6.07, 6.45) is 11.9. The number of nitrogens with one attached hydrogen (secondary N) is 1. The maximum Gasteiger partial charge on any atom is 0.251 e. The minimum absolute atomic E-state index is 0.0390. The highest BCUT2D eigenvalue weighted by Gasteiger charge is 2.11. The summed E-state index contributed by atoms with van der Waals surface area (Å²) >= 11 is 0. The molecule has 0 aliphatic rings. The monoisotopic (exact) mass is 560 g/mol. The van der Waals surface area contributed by atoms with Crippen molar-refractivity contribution in [2.24, 2.45) is 5.92 Å². The van der Waals surface area contributed by atoms with E-state index in [1.807, 2.05) is 13.0 Å². The van der Waals surface area contributed by atoms with Crippen molar-refractivity contribution in [1.29, 1.82) is 0 Å². The van der Waals surface area contributed by atoms with Crippen molar-refractivity contribution in [3.63, 3.8) is 0 Å². The van der Waals surface area contributed by atoms with Gasteiger partial charge in [-0.1, -0.05) is 58.6 Å². The normalized spacial score (nSPS) is 11.4. The van der Waals surface area contributed by atoms with Crippen LogP contribution in [0, 0.1) is 12.8 Å². The first kappa shape index (κ1) is 35.1. The lowest BCUT2D eigenvalue weighted by atomic mass is 9.98. The first-order valence-electron chi connectivity index (χ1n) is 14.2.